The molecule has 1 N–H and O–H groups in total. The van der Waals surface area contributed by atoms with Crippen LogP contribution < -0.4 is 10.2 Å². The summed E-state index contributed by atoms with van der Waals surface area (Å²) in [4.78, 5) is 15.5. The summed E-state index contributed by atoms with van der Waals surface area (Å²) in [6, 6.07) is 4.74. The Morgan fingerprint density at radius 2 is 1.95 bits per heavy atom. The zero-order valence-corrected chi connectivity index (χ0v) is 24.1. The van der Waals surface area contributed by atoms with E-state index in [2.05, 4.69) is 25.4 Å². The van der Waals surface area contributed by atoms with Crippen LogP contribution in [0, 0.1) is 5.82 Å². The first kappa shape index (κ1) is 27.2. The maximum Gasteiger partial charge on any atom is 0.211 e. The number of rotatable bonds is 7. The number of hydrogen-bond acceptors (Lipinski definition) is 8. The molecular formula is C26H30ClFN8O2S. The monoisotopic (exact) mass is 572 g/mol. The number of hydrogen-bond donors (Lipinski definition) is 1. The Morgan fingerprint density at radius 3 is 2.56 bits per heavy atom. The van der Waals surface area contributed by atoms with Gasteiger partial charge in [-0.3, -0.25) is 4.68 Å². The van der Waals surface area contributed by atoms with Gasteiger partial charge in [-0.05, 0) is 42.0 Å². The highest BCUT2D eigenvalue weighted by molar-refractivity contribution is 7.88. The van der Waals surface area contributed by atoms with Crippen molar-refractivity contribution in [2.75, 3.05) is 30.1 Å². The van der Waals surface area contributed by atoms with E-state index in [0.29, 0.717) is 46.0 Å². The van der Waals surface area contributed by atoms with Gasteiger partial charge in [-0.15, -0.1) is 0 Å². The number of benzene rings is 1. The predicted octanol–water partition coefficient (Wildman–Crippen LogP) is 4.55. The van der Waals surface area contributed by atoms with Gasteiger partial charge in [0.05, 0.1) is 17.9 Å². The summed E-state index contributed by atoms with van der Waals surface area (Å²) in [6.45, 7) is 6.30. The molecule has 0 radical (unpaired) electrons. The molecule has 13 heteroatoms. The number of sulfonamides is 1. The third kappa shape index (κ3) is 5.04. The van der Waals surface area contributed by atoms with E-state index in [4.69, 9.17) is 11.6 Å². The molecule has 0 unspecified atom stereocenters. The van der Waals surface area contributed by atoms with E-state index in [-0.39, 0.29) is 23.8 Å². The van der Waals surface area contributed by atoms with Crippen LogP contribution in [0.1, 0.15) is 32.3 Å². The van der Waals surface area contributed by atoms with Crippen molar-refractivity contribution in [3.8, 4) is 11.4 Å². The lowest BCUT2D eigenvalue weighted by atomic mass is 9.91. The maximum atomic E-state index is 15.5. The molecule has 0 amide bonds. The zero-order valence-electron chi connectivity index (χ0n) is 22.5. The summed E-state index contributed by atoms with van der Waals surface area (Å²) in [5.74, 6) is 1.02. The second kappa shape index (κ2) is 10.00. The summed E-state index contributed by atoms with van der Waals surface area (Å²) in [5.41, 5.74) is 1.88. The molecule has 1 aliphatic heterocycles. The first-order chi connectivity index (χ1) is 18.3. The number of nitrogens with one attached hydrogen (secondary N) is 1. The summed E-state index contributed by atoms with van der Waals surface area (Å²) >= 11 is 6.22. The van der Waals surface area contributed by atoms with Gasteiger partial charge < -0.3 is 10.2 Å². The van der Waals surface area contributed by atoms with Crippen LogP contribution >= 0.6 is 11.6 Å². The smallest absolute Gasteiger partial charge is 0.211 e. The number of nitrogens with zero attached hydrogens (tertiary/aromatic N) is 7. The van der Waals surface area contributed by atoms with E-state index in [1.807, 2.05) is 31.7 Å². The Hall–Kier alpha value is -3.35. The van der Waals surface area contributed by atoms with Gasteiger partial charge in [-0.2, -0.15) is 9.40 Å². The SMILES string of the molecule is CC(C)c1c(F)cc(N2C[C@H](N(C)S(C)(=O)=O)[C@H]2C)c2cnc(Nc3ccnc(-c4cn(C)nc4Cl)n3)cc12. The van der Waals surface area contributed by atoms with Crippen molar-refractivity contribution in [1.82, 2.24) is 29.0 Å². The largest absolute Gasteiger partial charge is 0.365 e. The lowest BCUT2D eigenvalue weighted by Gasteiger charge is -2.51. The second-order valence-electron chi connectivity index (χ2n) is 10.2. The van der Waals surface area contributed by atoms with Crippen molar-refractivity contribution < 1.29 is 12.8 Å². The minimum atomic E-state index is -3.34. The molecule has 206 valence electrons. The Bertz CT molecular complexity index is 1680. The quantitative estimate of drug-likeness (QED) is 0.343. The van der Waals surface area contributed by atoms with Crippen LogP contribution in [0.5, 0.6) is 0 Å². The van der Waals surface area contributed by atoms with E-state index in [0.717, 1.165) is 10.8 Å². The minimum Gasteiger partial charge on any atom is -0.365 e. The van der Waals surface area contributed by atoms with Crippen molar-refractivity contribution in [3.05, 3.63) is 53.3 Å². The lowest BCUT2D eigenvalue weighted by molar-refractivity contribution is 0.251. The molecule has 1 saturated heterocycles. The third-order valence-corrected chi connectivity index (χ3v) is 8.83. The van der Waals surface area contributed by atoms with Gasteiger partial charge in [0.1, 0.15) is 17.5 Å². The first-order valence-corrected chi connectivity index (χ1v) is 14.7. The first-order valence-electron chi connectivity index (χ1n) is 12.5. The molecule has 3 aromatic heterocycles. The fraction of sp³-hybridized carbons (Fsp3) is 0.385. The number of anilines is 3. The molecule has 0 saturated carbocycles. The average Bonchev–Trinajstić information content (AvgIpc) is 3.19. The zero-order chi connectivity index (χ0) is 28.2. The van der Waals surface area contributed by atoms with Crippen LogP contribution in [0.4, 0.5) is 21.7 Å². The number of fused-ring (bicyclic) bond motifs is 1. The highest BCUT2D eigenvalue weighted by Gasteiger charge is 2.42. The van der Waals surface area contributed by atoms with Gasteiger partial charge in [0, 0.05) is 56.3 Å². The molecule has 4 aromatic rings. The number of halogens is 2. The topological polar surface area (TPSA) is 109 Å². The maximum absolute atomic E-state index is 15.5. The minimum absolute atomic E-state index is 0.0758. The van der Waals surface area contributed by atoms with Crippen LogP contribution in [0.25, 0.3) is 22.2 Å². The number of aromatic nitrogens is 5. The third-order valence-electron chi connectivity index (χ3n) is 7.24. The highest BCUT2D eigenvalue weighted by Crippen LogP contribution is 2.40. The van der Waals surface area contributed by atoms with Gasteiger partial charge >= 0.3 is 0 Å². The number of aryl methyl sites for hydroxylation is 1. The summed E-state index contributed by atoms with van der Waals surface area (Å²) in [6.07, 6.45) is 6.27. The Balaban J connectivity index is 1.51. The van der Waals surface area contributed by atoms with Gasteiger partial charge in [0.25, 0.3) is 0 Å². The Morgan fingerprint density at radius 1 is 1.21 bits per heavy atom. The standard InChI is InChI=1S/C26H30ClFN8O2S/c1-14(2)24-16-9-23(31-22-7-8-29-26(32-22)18-12-34(4)33-25(18)27)30-11-17(16)20(10-19(24)28)36-13-21(15(36)3)35(5)39(6,37)38/h7-12,14-15,21H,13H2,1-6H3,(H,29,30,31,32)/t15-,21+/m1/s1. The Labute approximate surface area is 231 Å². The van der Waals surface area contributed by atoms with E-state index in [1.54, 1.807) is 43.4 Å². The second-order valence-corrected chi connectivity index (χ2v) is 12.6. The molecule has 1 fully saturated rings. The van der Waals surface area contributed by atoms with Crippen LogP contribution in [0.15, 0.2) is 36.8 Å². The van der Waals surface area contributed by atoms with Gasteiger partial charge in [-0.1, -0.05) is 25.4 Å². The van der Waals surface area contributed by atoms with Crippen molar-refractivity contribution >= 4 is 49.7 Å². The van der Waals surface area contributed by atoms with E-state index < -0.39 is 10.0 Å². The molecule has 0 bridgehead atoms. The molecule has 0 spiro atoms. The van der Waals surface area contributed by atoms with Gasteiger partial charge in [0.2, 0.25) is 10.0 Å². The normalized spacial score (nSPS) is 17.7. The van der Waals surface area contributed by atoms with Crippen molar-refractivity contribution in [2.24, 2.45) is 7.05 Å². The summed E-state index contributed by atoms with van der Waals surface area (Å²) < 4.78 is 42.6. The molecule has 0 aliphatic carbocycles. The van der Waals surface area contributed by atoms with Crippen molar-refractivity contribution in [1.29, 1.82) is 0 Å². The molecule has 5 rings (SSSR count). The van der Waals surface area contributed by atoms with Crippen LogP contribution in [0.3, 0.4) is 0 Å². The van der Waals surface area contributed by atoms with Crippen molar-refractivity contribution in [2.45, 2.75) is 38.8 Å². The summed E-state index contributed by atoms with van der Waals surface area (Å²) in [7, 11) is 0.00518. The fourth-order valence-corrected chi connectivity index (χ4v) is 6.04. The van der Waals surface area contributed by atoms with Gasteiger partial charge in [0.15, 0.2) is 11.0 Å². The van der Waals surface area contributed by atoms with E-state index >= 15 is 4.39 Å². The predicted molar refractivity (Wildman–Crippen MR) is 152 cm³/mol. The molecule has 1 aromatic carbocycles. The molecular weight excluding hydrogens is 543 g/mol. The molecule has 10 nitrogen and oxygen atoms in total. The van der Waals surface area contributed by atoms with Crippen LogP contribution in [-0.4, -0.2) is 69.4 Å². The van der Waals surface area contributed by atoms with E-state index in [9.17, 15) is 8.42 Å². The molecule has 1 aliphatic rings. The fourth-order valence-electron chi connectivity index (χ4n) is 5.05. The highest BCUT2D eigenvalue weighted by atomic mass is 35.5. The van der Waals surface area contributed by atoms with Crippen LogP contribution in [0.2, 0.25) is 5.15 Å². The summed E-state index contributed by atoms with van der Waals surface area (Å²) in [5, 5.41) is 9.16. The van der Waals surface area contributed by atoms with Crippen LogP contribution in [-0.2, 0) is 17.1 Å². The molecule has 4 heterocycles. The number of pyridine rings is 1. The molecule has 2 atom stereocenters. The Kier molecular flexibility index (Phi) is 6.98. The molecule has 39 heavy (non-hydrogen) atoms. The van der Waals surface area contributed by atoms with Crippen molar-refractivity contribution in [3.63, 3.8) is 0 Å². The average molecular weight is 573 g/mol. The van der Waals surface area contributed by atoms with E-state index in [1.165, 1.54) is 16.6 Å². The van der Waals surface area contributed by atoms with Gasteiger partial charge in [-0.25, -0.2) is 27.8 Å². The number of likely N-dealkylation sites (N-methyl/N-ethyl adjacent to an activating group) is 1. The lowest BCUT2D eigenvalue weighted by Crippen LogP contribution is -2.65.